The lowest BCUT2D eigenvalue weighted by Gasteiger charge is -2.18. The van der Waals surface area contributed by atoms with E-state index in [-0.39, 0.29) is 0 Å². The first-order valence-electron chi connectivity index (χ1n) is 6.22. The molecule has 0 atom stereocenters. The number of hydrogen-bond acceptors (Lipinski definition) is 3. The van der Waals surface area contributed by atoms with Gasteiger partial charge in [0, 0.05) is 37.6 Å². The quantitative estimate of drug-likeness (QED) is 0.909. The highest BCUT2D eigenvalue weighted by Crippen LogP contribution is 2.30. The van der Waals surface area contributed by atoms with Gasteiger partial charge in [-0.1, -0.05) is 0 Å². The number of anilines is 1. The van der Waals surface area contributed by atoms with E-state index in [4.69, 9.17) is 5.11 Å². The molecule has 19 heavy (non-hydrogen) atoms. The Morgan fingerprint density at radius 1 is 1.47 bits per heavy atom. The normalized spacial score (nSPS) is 13.6. The molecule has 0 aliphatic carbocycles. The third-order valence-corrected chi connectivity index (χ3v) is 3.45. The smallest absolute Gasteiger partial charge is 0.335 e. The van der Waals surface area contributed by atoms with Crippen molar-refractivity contribution in [1.82, 2.24) is 9.78 Å². The second-order valence-corrected chi connectivity index (χ2v) is 4.84. The third kappa shape index (κ3) is 2.19. The van der Waals surface area contributed by atoms with Gasteiger partial charge < -0.3 is 10.0 Å². The number of carbonyl (C=O) groups is 1. The fourth-order valence-electron chi connectivity index (χ4n) is 2.54. The minimum absolute atomic E-state index is 0.363. The number of benzene rings is 1. The summed E-state index contributed by atoms with van der Waals surface area (Å²) in [6, 6.07) is 5.35. The van der Waals surface area contributed by atoms with Gasteiger partial charge >= 0.3 is 5.97 Å². The van der Waals surface area contributed by atoms with E-state index in [2.05, 4.69) is 10.00 Å². The SMILES string of the molecule is Cn1cc(CN2CCc3cc(C(=O)O)ccc32)cn1. The molecule has 1 aromatic heterocycles. The van der Waals surface area contributed by atoms with Crippen LogP contribution in [0, 0.1) is 0 Å². The number of aromatic nitrogens is 2. The maximum absolute atomic E-state index is 11.0. The number of rotatable bonds is 3. The number of nitrogens with zero attached hydrogens (tertiary/aromatic N) is 3. The fraction of sp³-hybridized carbons (Fsp3) is 0.286. The highest BCUT2D eigenvalue weighted by Gasteiger charge is 2.20. The molecule has 0 unspecified atom stereocenters. The molecule has 0 radical (unpaired) electrons. The molecule has 1 aromatic carbocycles. The summed E-state index contributed by atoms with van der Waals surface area (Å²) in [5.74, 6) is -0.867. The van der Waals surface area contributed by atoms with Crippen molar-refractivity contribution >= 4 is 11.7 Å². The minimum atomic E-state index is -0.867. The monoisotopic (exact) mass is 257 g/mol. The summed E-state index contributed by atoms with van der Waals surface area (Å²) in [5, 5.41) is 13.2. The van der Waals surface area contributed by atoms with Crippen LogP contribution in [0.4, 0.5) is 5.69 Å². The largest absolute Gasteiger partial charge is 0.478 e. The highest BCUT2D eigenvalue weighted by molar-refractivity contribution is 5.88. The molecule has 0 bridgehead atoms. The van der Waals surface area contributed by atoms with Crippen molar-refractivity contribution in [3.63, 3.8) is 0 Å². The van der Waals surface area contributed by atoms with Gasteiger partial charge in [0.2, 0.25) is 0 Å². The maximum Gasteiger partial charge on any atom is 0.335 e. The van der Waals surface area contributed by atoms with Gasteiger partial charge in [-0.2, -0.15) is 5.10 Å². The highest BCUT2D eigenvalue weighted by atomic mass is 16.4. The first-order valence-corrected chi connectivity index (χ1v) is 6.22. The molecule has 1 N–H and O–H groups in total. The van der Waals surface area contributed by atoms with Crippen LogP contribution in [-0.2, 0) is 20.0 Å². The number of fused-ring (bicyclic) bond motifs is 1. The maximum atomic E-state index is 11.0. The topological polar surface area (TPSA) is 58.4 Å². The summed E-state index contributed by atoms with van der Waals surface area (Å²) >= 11 is 0. The van der Waals surface area contributed by atoms with E-state index < -0.39 is 5.97 Å². The Kier molecular flexibility index (Phi) is 2.74. The predicted molar refractivity (Wildman–Crippen MR) is 71.4 cm³/mol. The van der Waals surface area contributed by atoms with Crippen LogP contribution in [0.15, 0.2) is 30.6 Å². The van der Waals surface area contributed by atoms with E-state index >= 15 is 0 Å². The van der Waals surface area contributed by atoms with Crippen molar-refractivity contribution in [3.05, 3.63) is 47.3 Å². The zero-order valence-corrected chi connectivity index (χ0v) is 10.7. The first-order chi connectivity index (χ1) is 9.13. The number of carboxylic acid groups (broad SMARTS) is 1. The number of hydrogen-bond donors (Lipinski definition) is 1. The molecule has 5 nitrogen and oxygen atoms in total. The van der Waals surface area contributed by atoms with E-state index in [0.29, 0.717) is 5.56 Å². The Labute approximate surface area is 111 Å². The summed E-state index contributed by atoms with van der Waals surface area (Å²) < 4.78 is 1.79. The van der Waals surface area contributed by atoms with Crippen LogP contribution in [-0.4, -0.2) is 27.4 Å². The molecular weight excluding hydrogens is 242 g/mol. The Bertz CT molecular complexity index is 633. The number of carboxylic acids is 1. The molecule has 0 fully saturated rings. The van der Waals surface area contributed by atoms with Gasteiger partial charge in [-0.3, -0.25) is 4.68 Å². The average Bonchev–Trinajstić information content (AvgIpc) is 2.96. The summed E-state index contributed by atoms with van der Waals surface area (Å²) in [5.41, 5.74) is 3.78. The second kappa shape index (κ2) is 4.42. The van der Waals surface area contributed by atoms with Gasteiger partial charge in [0.15, 0.2) is 0 Å². The summed E-state index contributed by atoms with van der Waals surface area (Å²) in [4.78, 5) is 13.2. The van der Waals surface area contributed by atoms with Gasteiger partial charge in [0.25, 0.3) is 0 Å². The van der Waals surface area contributed by atoms with Crippen LogP contribution >= 0.6 is 0 Å². The van der Waals surface area contributed by atoms with E-state index in [9.17, 15) is 4.79 Å². The Hall–Kier alpha value is -2.30. The van der Waals surface area contributed by atoms with Crippen molar-refractivity contribution in [2.75, 3.05) is 11.4 Å². The van der Waals surface area contributed by atoms with Crippen molar-refractivity contribution in [3.8, 4) is 0 Å². The lowest BCUT2D eigenvalue weighted by molar-refractivity contribution is 0.0697. The summed E-state index contributed by atoms with van der Waals surface area (Å²) in [7, 11) is 1.90. The van der Waals surface area contributed by atoms with Gasteiger partial charge in [0.1, 0.15) is 0 Å². The first kappa shape index (κ1) is 11.8. The predicted octanol–water partition coefficient (Wildman–Crippen LogP) is 1.68. The van der Waals surface area contributed by atoms with Crippen LogP contribution in [0.2, 0.25) is 0 Å². The number of aromatic carboxylic acids is 1. The summed E-state index contributed by atoms with van der Waals surface area (Å²) in [6.45, 7) is 1.74. The zero-order valence-electron chi connectivity index (χ0n) is 10.7. The summed E-state index contributed by atoms with van der Waals surface area (Å²) in [6.07, 6.45) is 4.77. The Morgan fingerprint density at radius 2 is 2.32 bits per heavy atom. The van der Waals surface area contributed by atoms with Gasteiger partial charge in [-0.15, -0.1) is 0 Å². The molecule has 1 aliphatic heterocycles. The molecule has 0 saturated carbocycles. The Balaban J connectivity index is 1.84. The van der Waals surface area contributed by atoms with Crippen LogP contribution in [0.3, 0.4) is 0 Å². The second-order valence-electron chi connectivity index (χ2n) is 4.84. The Morgan fingerprint density at radius 3 is 3.00 bits per heavy atom. The standard InChI is InChI=1S/C14H15N3O2/c1-16-8-10(7-15-16)9-17-5-4-11-6-12(14(18)19)2-3-13(11)17/h2-3,6-8H,4-5,9H2,1H3,(H,18,19). The molecule has 98 valence electrons. The zero-order chi connectivity index (χ0) is 13.4. The van der Waals surface area contributed by atoms with E-state index in [1.807, 2.05) is 25.5 Å². The molecule has 1 aliphatic rings. The van der Waals surface area contributed by atoms with E-state index in [1.54, 1.807) is 16.8 Å². The van der Waals surface area contributed by atoms with Crippen LogP contribution in [0.1, 0.15) is 21.5 Å². The van der Waals surface area contributed by atoms with Crippen molar-refractivity contribution < 1.29 is 9.90 Å². The molecule has 2 heterocycles. The molecule has 5 heteroatoms. The third-order valence-electron chi connectivity index (χ3n) is 3.45. The van der Waals surface area contributed by atoms with E-state index in [1.165, 1.54) is 0 Å². The minimum Gasteiger partial charge on any atom is -0.478 e. The fourth-order valence-corrected chi connectivity index (χ4v) is 2.54. The van der Waals surface area contributed by atoms with E-state index in [0.717, 1.165) is 36.3 Å². The molecule has 3 rings (SSSR count). The van der Waals surface area contributed by atoms with Crippen molar-refractivity contribution in [2.24, 2.45) is 7.05 Å². The number of aryl methyl sites for hydroxylation is 1. The van der Waals surface area contributed by atoms with Gasteiger partial charge in [-0.25, -0.2) is 4.79 Å². The average molecular weight is 257 g/mol. The van der Waals surface area contributed by atoms with Crippen LogP contribution in [0.5, 0.6) is 0 Å². The lowest BCUT2D eigenvalue weighted by Crippen LogP contribution is -2.19. The molecular formula is C14H15N3O2. The molecule has 0 amide bonds. The van der Waals surface area contributed by atoms with Crippen LogP contribution in [0.25, 0.3) is 0 Å². The van der Waals surface area contributed by atoms with Gasteiger partial charge in [-0.05, 0) is 30.2 Å². The molecule has 0 spiro atoms. The van der Waals surface area contributed by atoms with Crippen molar-refractivity contribution in [1.29, 1.82) is 0 Å². The molecule has 2 aromatic rings. The van der Waals surface area contributed by atoms with Crippen LogP contribution < -0.4 is 4.90 Å². The van der Waals surface area contributed by atoms with Gasteiger partial charge in [0.05, 0.1) is 11.8 Å². The lowest BCUT2D eigenvalue weighted by atomic mass is 10.1. The molecule has 0 saturated heterocycles. The van der Waals surface area contributed by atoms with Crippen molar-refractivity contribution in [2.45, 2.75) is 13.0 Å².